The van der Waals surface area contributed by atoms with Crippen LogP contribution in [0.25, 0.3) is 11.1 Å². The van der Waals surface area contributed by atoms with E-state index in [1.807, 2.05) is 0 Å². The topological polar surface area (TPSA) is 121 Å². The Labute approximate surface area is 305 Å². The summed E-state index contributed by atoms with van der Waals surface area (Å²) in [7, 11) is 0. The maximum absolute atomic E-state index is 14.9. The van der Waals surface area contributed by atoms with Gasteiger partial charge in [-0.15, -0.1) is 0 Å². The highest BCUT2D eigenvalue weighted by atomic mass is 19.2. The van der Waals surface area contributed by atoms with Gasteiger partial charge in [-0.1, -0.05) is 12.1 Å². The first-order valence-electron chi connectivity index (χ1n) is 17.6. The summed E-state index contributed by atoms with van der Waals surface area (Å²) in [6, 6.07) is 12.0. The molecular weight excluding hydrogens is 695 g/mol. The SMILES string of the molecule is CC(C)(C)OC(=O)N1CC[C@H](Oc2ccc(C(=O)N3CCN(C(=O)c4cccc(F)c4OC(=O)N4CCNCC4)CC3)cc2-c2ccc(F)c(F)c2)C1. The molecule has 3 saturated heterocycles. The second-order valence-electron chi connectivity index (χ2n) is 14.1. The van der Waals surface area contributed by atoms with Crippen LogP contribution < -0.4 is 14.8 Å². The number of hydrogen-bond donors (Lipinski definition) is 1. The van der Waals surface area contributed by atoms with E-state index in [0.717, 1.165) is 18.2 Å². The third-order valence-corrected chi connectivity index (χ3v) is 9.16. The zero-order valence-electron chi connectivity index (χ0n) is 29.8. The summed E-state index contributed by atoms with van der Waals surface area (Å²) in [5.74, 6) is -3.96. The number of para-hydroxylation sites is 1. The predicted molar refractivity (Wildman–Crippen MR) is 187 cm³/mol. The van der Waals surface area contributed by atoms with E-state index in [4.69, 9.17) is 14.2 Å². The Morgan fingerprint density at radius 2 is 1.42 bits per heavy atom. The van der Waals surface area contributed by atoms with Gasteiger partial charge >= 0.3 is 12.2 Å². The van der Waals surface area contributed by atoms with Gasteiger partial charge in [0.25, 0.3) is 11.8 Å². The first-order valence-corrected chi connectivity index (χ1v) is 17.6. The Morgan fingerprint density at radius 3 is 2.09 bits per heavy atom. The number of likely N-dealkylation sites (tertiary alicyclic amines) is 1. The van der Waals surface area contributed by atoms with E-state index < -0.39 is 53.0 Å². The maximum atomic E-state index is 14.9. The van der Waals surface area contributed by atoms with Crippen LogP contribution in [-0.4, -0.2) is 121 Å². The molecule has 3 aliphatic heterocycles. The monoisotopic (exact) mass is 737 g/mol. The Morgan fingerprint density at radius 1 is 0.717 bits per heavy atom. The van der Waals surface area contributed by atoms with Crippen molar-refractivity contribution in [2.24, 2.45) is 0 Å². The molecular formula is C38H42F3N5O7. The van der Waals surface area contributed by atoms with Crippen molar-refractivity contribution < 1.29 is 46.6 Å². The molecule has 0 unspecified atom stereocenters. The molecule has 3 fully saturated rings. The molecule has 3 aromatic carbocycles. The number of nitrogens with zero attached hydrogens (tertiary/aromatic N) is 4. The van der Waals surface area contributed by atoms with Gasteiger partial charge in [0.2, 0.25) is 0 Å². The van der Waals surface area contributed by atoms with Crippen LogP contribution in [-0.2, 0) is 4.74 Å². The molecule has 0 saturated carbocycles. The van der Waals surface area contributed by atoms with Crippen molar-refractivity contribution in [2.45, 2.75) is 38.9 Å². The smallest absolute Gasteiger partial charge is 0.415 e. The van der Waals surface area contributed by atoms with Gasteiger partial charge in [-0.3, -0.25) is 9.59 Å². The third kappa shape index (κ3) is 8.84. The van der Waals surface area contributed by atoms with Crippen LogP contribution in [0.1, 0.15) is 47.9 Å². The summed E-state index contributed by atoms with van der Waals surface area (Å²) >= 11 is 0. The minimum absolute atomic E-state index is 0.100. The number of piperazine rings is 2. The number of ether oxygens (including phenoxy) is 3. The van der Waals surface area contributed by atoms with Crippen molar-refractivity contribution in [3.05, 3.63) is 83.2 Å². The van der Waals surface area contributed by atoms with Gasteiger partial charge in [-0.2, -0.15) is 0 Å². The minimum atomic E-state index is -1.07. The highest BCUT2D eigenvalue weighted by molar-refractivity contribution is 5.99. The number of amides is 4. The predicted octanol–water partition coefficient (Wildman–Crippen LogP) is 5.16. The van der Waals surface area contributed by atoms with Crippen molar-refractivity contribution >= 4 is 24.0 Å². The van der Waals surface area contributed by atoms with Gasteiger partial charge in [0, 0.05) is 76.5 Å². The van der Waals surface area contributed by atoms with Crippen LogP contribution >= 0.6 is 0 Å². The van der Waals surface area contributed by atoms with Crippen LogP contribution in [0.4, 0.5) is 22.8 Å². The van der Waals surface area contributed by atoms with Gasteiger partial charge in [-0.05, 0) is 68.8 Å². The zero-order chi connectivity index (χ0) is 37.9. The Bertz CT molecular complexity index is 1870. The number of benzene rings is 3. The average Bonchev–Trinajstić information content (AvgIpc) is 3.62. The minimum Gasteiger partial charge on any atom is -0.488 e. The molecule has 282 valence electrons. The van der Waals surface area contributed by atoms with Gasteiger partial charge in [-0.25, -0.2) is 22.8 Å². The molecule has 0 bridgehead atoms. The highest BCUT2D eigenvalue weighted by Gasteiger charge is 2.33. The fourth-order valence-electron chi connectivity index (χ4n) is 6.40. The molecule has 0 spiro atoms. The standard InChI is InChI=1S/C38H42F3N5O7/c1-38(2,3)53-37(50)46-14-11-26(23-46)51-32-10-8-25(21-28(32)24-7-9-29(39)31(41)22-24)34(47)43-17-19-44(20-18-43)35(48)27-5-4-6-30(40)33(27)52-36(49)45-15-12-42-13-16-45/h4-10,21-22,26,42H,11-20,23H2,1-3H3/t26-/m0/s1. The normalized spacial score (nSPS) is 17.8. The van der Waals surface area contributed by atoms with E-state index in [9.17, 15) is 32.3 Å². The van der Waals surface area contributed by atoms with Crippen LogP contribution in [0.5, 0.6) is 11.5 Å². The second kappa shape index (κ2) is 15.7. The van der Waals surface area contributed by atoms with Crippen molar-refractivity contribution in [3.8, 4) is 22.6 Å². The summed E-state index contributed by atoms with van der Waals surface area (Å²) in [4.78, 5) is 58.7. The molecule has 3 heterocycles. The van der Waals surface area contributed by atoms with Crippen molar-refractivity contribution in [1.82, 2.24) is 24.9 Å². The molecule has 0 aromatic heterocycles. The molecule has 12 nitrogen and oxygen atoms in total. The van der Waals surface area contributed by atoms with Crippen molar-refractivity contribution in [3.63, 3.8) is 0 Å². The third-order valence-electron chi connectivity index (χ3n) is 9.16. The fraction of sp³-hybridized carbons (Fsp3) is 0.421. The number of carbonyl (C=O) groups is 4. The van der Waals surface area contributed by atoms with E-state index in [2.05, 4.69) is 5.32 Å². The lowest BCUT2D eigenvalue weighted by molar-refractivity contribution is 0.0275. The first kappa shape index (κ1) is 37.4. The summed E-state index contributed by atoms with van der Waals surface area (Å²) < 4.78 is 60.4. The van der Waals surface area contributed by atoms with Gasteiger partial charge < -0.3 is 39.1 Å². The molecule has 6 rings (SSSR count). The van der Waals surface area contributed by atoms with Crippen LogP contribution in [0.3, 0.4) is 0 Å². The summed E-state index contributed by atoms with van der Waals surface area (Å²) in [5.41, 5.74) is 0.136. The molecule has 1 N–H and O–H groups in total. The summed E-state index contributed by atoms with van der Waals surface area (Å²) in [6.45, 7) is 8.48. The molecule has 3 aliphatic rings. The maximum Gasteiger partial charge on any atom is 0.415 e. The lowest BCUT2D eigenvalue weighted by Crippen LogP contribution is -2.50. The Balaban J connectivity index is 1.14. The molecule has 0 radical (unpaired) electrons. The van der Waals surface area contributed by atoms with Crippen LogP contribution in [0.15, 0.2) is 54.6 Å². The van der Waals surface area contributed by atoms with Gasteiger partial charge in [0.05, 0.1) is 12.1 Å². The highest BCUT2D eigenvalue weighted by Crippen LogP contribution is 2.35. The average molecular weight is 738 g/mol. The van der Waals surface area contributed by atoms with E-state index in [1.54, 1.807) is 48.8 Å². The largest absolute Gasteiger partial charge is 0.488 e. The number of halogens is 3. The number of nitrogens with one attached hydrogen (secondary N) is 1. The van der Waals surface area contributed by atoms with Gasteiger partial charge in [0.15, 0.2) is 23.2 Å². The molecule has 15 heteroatoms. The quantitative estimate of drug-likeness (QED) is 0.369. The number of hydrogen-bond acceptors (Lipinski definition) is 8. The van der Waals surface area contributed by atoms with E-state index >= 15 is 0 Å². The number of rotatable bonds is 6. The molecule has 4 amide bonds. The lowest BCUT2D eigenvalue weighted by Gasteiger charge is -2.35. The lowest BCUT2D eigenvalue weighted by atomic mass is 10.0. The van der Waals surface area contributed by atoms with E-state index in [-0.39, 0.29) is 55.3 Å². The fourth-order valence-corrected chi connectivity index (χ4v) is 6.40. The first-order chi connectivity index (χ1) is 25.3. The molecule has 3 aromatic rings. The number of carbonyl (C=O) groups excluding carboxylic acids is 4. The van der Waals surface area contributed by atoms with Crippen molar-refractivity contribution in [1.29, 1.82) is 0 Å². The Hall–Kier alpha value is -5.31. The zero-order valence-corrected chi connectivity index (χ0v) is 29.8. The molecule has 53 heavy (non-hydrogen) atoms. The van der Waals surface area contributed by atoms with Crippen LogP contribution in [0.2, 0.25) is 0 Å². The summed E-state index contributed by atoms with van der Waals surface area (Å²) in [5, 5.41) is 3.12. The van der Waals surface area contributed by atoms with Crippen LogP contribution in [0, 0.1) is 17.5 Å². The van der Waals surface area contributed by atoms with E-state index in [1.165, 1.54) is 28.0 Å². The Kier molecular flexibility index (Phi) is 11.1. The molecule has 1 atom stereocenters. The van der Waals surface area contributed by atoms with Crippen molar-refractivity contribution in [2.75, 3.05) is 65.4 Å². The van der Waals surface area contributed by atoms with Gasteiger partial charge in [0.1, 0.15) is 17.5 Å². The second-order valence-corrected chi connectivity index (χ2v) is 14.1. The van der Waals surface area contributed by atoms with E-state index in [0.29, 0.717) is 50.5 Å². The summed E-state index contributed by atoms with van der Waals surface area (Å²) in [6.07, 6.45) is -1.11. The molecule has 0 aliphatic carbocycles.